The third kappa shape index (κ3) is 2.92. The minimum absolute atomic E-state index is 0.978. The van der Waals surface area contributed by atoms with E-state index in [1.807, 2.05) is 6.07 Å². The van der Waals surface area contributed by atoms with Crippen molar-refractivity contribution in [2.45, 2.75) is 0 Å². The minimum atomic E-state index is 0.978. The fraction of sp³-hybridized carbons (Fsp3) is 0. The lowest BCUT2D eigenvalue weighted by atomic mass is 9.89. The van der Waals surface area contributed by atoms with E-state index in [-0.39, 0.29) is 0 Å². The van der Waals surface area contributed by atoms with Crippen molar-refractivity contribution < 1.29 is 0 Å². The van der Waals surface area contributed by atoms with Gasteiger partial charge >= 0.3 is 0 Å². The van der Waals surface area contributed by atoms with E-state index in [1.54, 1.807) is 0 Å². The maximum absolute atomic E-state index is 5.08. The highest BCUT2D eigenvalue weighted by Crippen LogP contribution is 2.43. The van der Waals surface area contributed by atoms with Crippen molar-refractivity contribution in [3.63, 3.8) is 0 Å². The van der Waals surface area contributed by atoms with Gasteiger partial charge in [0.2, 0.25) is 0 Å². The first-order chi connectivity index (χ1) is 15.4. The molecule has 6 aromatic rings. The Morgan fingerprint density at radius 2 is 1.00 bits per heavy atom. The molecule has 0 N–H and O–H groups in total. The van der Waals surface area contributed by atoms with Gasteiger partial charge in [-0.3, -0.25) is 4.40 Å². The first kappa shape index (κ1) is 17.7. The summed E-state index contributed by atoms with van der Waals surface area (Å²) >= 11 is 0. The van der Waals surface area contributed by atoms with E-state index >= 15 is 0 Å². The monoisotopic (exact) mass is 396 g/mol. The summed E-state index contributed by atoms with van der Waals surface area (Å²) in [5.41, 5.74) is 10.2. The summed E-state index contributed by atoms with van der Waals surface area (Å²) in [4.78, 5) is 5.08. The number of para-hydroxylation sites is 2. The van der Waals surface area contributed by atoms with Crippen LogP contribution >= 0.6 is 0 Å². The zero-order valence-corrected chi connectivity index (χ0v) is 16.9. The van der Waals surface area contributed by atoms with Gasteiger partial charge in [0.15, 0.2) is 0 Å². The Morgan fingerprint density at radius 3 is 1.65 bits per heavy atom. The molecule has 0 aliphatic rings. The molecule has 0 spiro atoms. The fourth-order valence-electron chi connectivity index (χ4n) is 4.41. The van der Waals surface area contributed by atoms with Crippen molar-refractivity contribution in [1.29, 1.82) is 0 Å². The lowest BCUT2D eigenvalue weighted by Crippen LogP contribution is -1.97. The second-order valence-corrected chi connectivity index (χ2v) is 7.68. The number of aromatic nitrogens is 2. The van der Waals surface area contributed by atoms with E-state index in [1.165, 1.54) is 27.8 Å². The Balaban J connectivity index is 1.85. The molecular formula is C29H20N2. The summed E-state index contributed by atoms with van der Waals surface area (Å²) in [5, 5.41) is 0. The molecule has 0 amide bonds. The molecule has 2 heteroatoms. The summed E-state index contributed by atoms with van der Waals surface area (Å²) in [7, 11) is 0. The molecule has 2 heterocycles. The summed E-state index contributed by atoms with van der Waals surface area (Å²) < 4.78 is 2.24. The maximum Gasteiger partial charge on any atom is 0.146 e. The second-order valence-electron chi connectivity index (χ2n) is 7.68. The Kier molecular flexibility index (Phi) is 4.14. The van der Waals surface area contributed by atoms with Crippen LogP contribution in [0.1, 0.15) is 0 Å². The van der Waals surface area contributed by atoms with E-state index in [2.05, 4.69) is 120 Å². The summed E-state index contributed by atoms with van der Waals surface area (Å²) in [6.45, 7) is 0. The van der Waals surface area contributed by atoms with Crippen molar-refractivity contribution in [1.82, 2.24) is 9.38 Å². The van der Waals surface area contributed by atoms with Gasteiger partial charge in [-0.2, -0.15) is 0 Å². The van der Waals surface area contributed by atoms with Crippen molar-refractivity contribution in [2.24, 2.45) is 0 Å². The maximum atomic E-state index is 5.08. The molecule has 0 atom stereocenters. The number of fused-ring (bicyclic) bond motifs is 3. The van der Waals surface area contributed by atoms with E-state index in [0.717, 1.165) is 22.2 Å². The highest BCUT2D eigenvalue weighted by Gasteiger charge is 2.20. The van der Waals surface area contributed by atoms with Crippen LogP contribution < -0.4 is 0 Å². The number of rotatable bonds is 3. The van der Waals surface area contributed by atoms with Gasteiger partial charge in [-0.25, -0.2) is 4.98 Å². The predicted molar refractivity (Wildman–Crippen MR) is 129 cm³/mol. The molecule has 0 aliphatic carbocycles. The fourth-order valence-corrected chi connectivity index (χ4v) is 4.41. The number of hydrogen-bond donors (Lipinski definition) is 0. The minimum Gasteiger partial charge on any atom is -0.298 e. The van der Waals surface area contributed by atoms with Crippen LogP contribution in [0.5, 0.6) is 0 Å². The van der Waals surface area contributed by atoms with E-state index in [9.17, 15) is 0 Å². The van der Waals surface area contributed by atoms with Gasteiger partial charge in [-0.05, 0) is 28.8 Å². The topological polar surface area (TPSA) is 17.3 Å². The lowest BCUT2D eigenvalue weighted by molar-refractivity contribution is 1.23. The number of hydrogen-bond acceptors (Lipinski definition) is 1. The van der Waals surface area contributed by atoms with Crippen molar-refractivity contribution in [2.75, 3.05) is 0 Å². The number of benzene rings is 4. The van der Waals surface area contributed by atoms with Crippen molar-refractivity contribution >= 4 is 16.7 Å². The quantitative estimate of drug-likeness (QED) is 0.303. The van der Waals surface area contributed by atoms with Crippen LogP contribution in [-0.2, 0) is 0 Å². The molecule has 0 fully saturated rings. The van der Waals surface area contributed by atoms with Gasteiger partial charge in [-0.1, -0.05) is 103 Å². The van der Waals surface area contributed by atoms with Crippen LogP contribution in [0, 0.1) is 0 Å². The standard InChI is InChI=1S/C29H20N2/c1-4-12-21(13-5-1)24-20-31-26-19-11-10-18-25(26)30-29(31)28(23-16-8-3-9-17-23)27(24)22-14-6-2-7-15-22/h1-20H. The molecule has 0 saturated heterocycles. The SMILES string of the molecule is c1ccc(-c2cn3c(nc4ccccc43)c(-c3ccccc3)c2-c2ccccc2)cc1. The first-order valence-electron chi connectivity index (χ1n) is 10.5. The third-order valence-corrected chi connectivity index (χ3v) is 5.81. The molecule has 146 valence electrons. The van der Waals surface area contributed by atoms with E-state index < -0.39 is 0 Å². The molecule has 0 bridgehead atoms. The van der Waals surface area contributed by atoms with Crippen LogP contribution in [-0.4, -0.2) is 9.38 Å². The zero-order chi connectivity index (χ0) is 20.6. The predicted octanol–water partition coefficient (Wildman–Crippen LogP) is 7.49. The van der Waals surface area contributed by atoms with Gasteiger partial charge in [0.05, 0.1) is 11.0 Å². The first-order valence-corrected chi connectivity index (χ1v) is 10.5. The molecular weight excluding hydrogens is 376 g/mol. The Morgan fingerprint density at radius 1 is 0.484 bits per heavy atom. The zero-order valence-electron chi connectivity index (χ0n) is 16.9. The number of nitrogens with zero attached hydrogens (tertiary/aromatic N) is 2. The molecule has 31 heavy (non-hydrogen) atoms. The van der Waals surface area contributed by atoms with Gasteiger partial charge in [0, 0.05) is 22.9 Å². The molecule has 4 aromatic carbocycles. The molecule has 0 saturated carbocycles. The highest BCUT2D eigenvalue weighted by atomic mass is 15.0. The van der Waals surface area contributed by atoms with Gasteiger partial charge in [-0.15, -0.1) is 0 Å². The van der Waals surface area contributed by atoms with Crippen LogP contribution in [0.2, 0.25) is 0 Å². The second kappa shape index (κ2) is 7.26. The van der Waals surface area contributed by atoms with Gasteiger partial charge in [0.1, 0.15) is 5.65 Å². The molecule has 2 nitrogen and oxygen atoms in total. The van der Waals surface area contributed by atoms with Crippen LogP contribution in [0.4, 0.5) is 0 Å². The molecule has 0 aliphatic heterocycles. The van der Waals surface area contributed by atoms with E-state index in [0.29, 0.717) is 0 Å². The molecule has 6 rings (SSSR count). The number of imidazole rings is 1. The van der Waals surface area contributed by atoms with Crippen LogP contribution in [0.25, 0.3) is 50.1 Å². The van der Waals surface area contributed by atoms with Crippen molar-refractivity contribution in [3.05, 3.63) is 121 Å². The molecule has 2 aromatic heterocycles. The Labute approximate surface area is 181 Å². The highest BCUT2D eigenvalue weighted by molar-refractivity contribution is 6.02. The average Bonchev–Trinajstić information content (AvgIpc) is 3.23. The normalized spacial score (nSPS) is 11.2. The third-order valence-electron chi connectivity index (χ3n) is 5.81. The molecule has 0 radical (unpaired) electrons. The van der Waals surface area contributed by atoms with E-state index in [4.69, 9.17) is 4.98 Å². The Hall–Kier alpha value is -4.17. The van der Waals surface area contributed by atoms with Crippen LogP contribution in [0.15, 0.2) is 121 Å². The lowest BCUT2D eigenvalue weighted by Gasteiger charge is -2.18. The van der Waals surface area contributed by atoms with Gasteiger partial charge in [0.25, 0.3) is 0 Å². The largest absolute Gasteiger partial charge is 0.298 e. The van der Waals surface area contributed by atoms with Crippen LogP contribution in [0.3, 0.4) is 0 Å². The van der Waals surface area contributed by atoms with Gasteiger partial charge < -0.3 is 0 Å². The Bertz CT molecular complexity index is 1500. The summed E-state index contributed by atoms with van der Waals surface area (Å²) in [5.74, 6) is 0. The summed E-state index contributed by atoms with van der Waals surface area (Å²) in [6.07, 6.45) is 2.24. The van der Waals surface area contributed by atoms with Crippen molar-refractivity contribution in [3.8, 4) is 33.4 Å². The number of pyridine rings is 1. The average molecular weight is 396 g/mol. The molecule has 0 unspecified atom stereocenters. The summed E-state index contributed by atoms with van der Waals surface area (Å²) in [6, 6.07) is 40.2. The smallest absolute Gasteiger partial charge is 0.146 e.